The van der Waals surface area contributed by atoms with Crippen LogP contribution >= 0.6 is 66.7 Å². The summed E-state index contributed by atoms with van der Waals surface area (Å²) in [4.78, 5) is 29.7. The number of hydrogen-bond acceptors (Lipinski definition) is 6. The zero-order chi connectivity index (χ0) is 25.3. The third-order valence-electron chi connectivity index (χ3n) is 4.69. The van der Waals surface area contributed by atoms with Crippen molar-refractivity contribution < 1.29 is 23.8 Å². The number of carbonyl (C=O) groups excluding carboxylic acids is 2. The van der Waals surface area contributed by atoms with Crippen LogP contribution < -0.4 is 9.47 Å². The number of carbonyl (C=O) groups is 2. The van der Waals surface area contributed by atoms with Gasteiger partial charge in [0.2, 0.25) is 5.90 Å². The highest BCUT2D eigenvalue weighted by molar-refractivity contribution is 9.11. The number of esters is 2. The highest BCUT2D eigenvalue weighted by atomic mass is 79.9. The van der Waals surface area contributed by atoms with Crippen LogP contribution in [0.15, 0.2) is 68.2 Å². The van der Waals surface area contributed by atoms with Gasteiger partial charge in [-0.15, -0.1) is 0 Å². The van der Waals surface area contributed by atoms with E-state index in [1.807, 2.05) is 0 Å². The average molecular weight is 661 g/mol. The lowest BCUT2D eigenvalue weighted by Gasteiger charge is -2.12. The number of cyclic esters (lactones) is 1. The van der Waals surface area contributed by atoms with Gasteiger partial charge in [0, 0.05) is 20.1 Å². The van der Waals surface area contributed by atoms with E-state index in [4.69, 9.17) is 49.0 Å². The van der Waals surface area contributed by atoms with Crippen LogP contribution in [0.2, 0.25) is 15.1 Å². The Hall–Kier alpha value is -2.36. The van der Waals surface area contributed by atoms with Crippen molar-refractivity contribution in [2.24, 2.45) is 4.99 Å². The second-order valence-electron chi connectivity index (χ2n) is 7.00. The van der Waals surface area contributed by atoms with Crippen LogP contribution in [0.3, 0.4) is 0 Å². The Morgan fingerprint density at radius 2 is 1.74 bits per heavy atom. The second kappa shape index (κ2) is 10.7. The molecule has 11 heteroatoms. The number of ether oxygens (including phenoxy) is 3. The van der Waals surface area contributed by atoms with Gasteiger partial charge in [0.1, 0.15) is 5.75 Å². The average Bonchev–Trinajstić information content (AvgIpc) is 3.16. The quantitative estimate of drug-likeness (QED) is 0.159. The van der Waals surface area contributed by atoms with Gasteiger partial charge in [-0.25, -0.2) is 14.6 Å². The van der Waals surface area contributed by atoms with Gasteiger partial charge in [-0.2, -0.15) is 0 Å². The molecule has 1 heterocycles. The Morgan fingerprint density at radius 3 is 2.46 bits per heavy atom. The molecule has 0 atom stereocenters. The van der Waals surface area contributed by atoms with Crippen molar-refractivity contribution in [3.63, 3.8) is 0 Å². The van der Waals surface area contributed by atoms with E-state index in [1.165, 1.54) is 31.4 Å². The van der Waals surface area contributed by atoms with E-state index in [1.54, 1.807) is 30.3 Å². The summed E-state index contributed by atoms with van der Waals surface area (Å²) >= 11 is 24.9. The Bertz CT molecular complexity index is 1440. The molecule has 1 aliphatic rings. The summed E-state index contributed by atoms with van der Waals surface area (Å²) in [5.41, 5.74) is 0.892. The Balaban J connectivity index is 1.74. The molecule has 1 aliphatic heterocycles. The van der Waals surface area contributed by atoms with E-state index in [0.29, 0.717) is 35.9 Å². The van der Waals surface area contributed by atoms with Crippen LogP contribution in [-0.4, -0.2) is 24.9 Å². The van der Waals surface area contributed by atoms with Crippen molar-refractivity contribution in [3.8, 4) is 11.5 Å². The van der Waals surface area contributed by atoms with E-state index >= 15 is 0 Å². The maximum Gasteiger partial charge on any atom is 0.363 e. The number of hydrogen-bond donors (Lipinski definition) is 0. The molecule has 0 amide bonds. The zero-order valence-electron chi connectivity index (χ0n) is 17.6. The summed E-state index contributed by atoms with van der Waals surface area (Å²) in [6.07, 6.45) is 1.44. The molecular weight excluding hydrogens is 648 g/mol. The molecule has 0 saturated heterocycles. The molecule has 0 unspecified atom stereocenters. The van der Waals surface area contributed by atoms with Crippen LogP contribution in [0.1, 0.15) is 21.5 Å². The molecule has 0 aliphatic carbocycles. The van der Waals surface area contributed by atoms with Gasteiger partial charge >= 0.3 is 11.9 Å². The summed E-state index contributed by atoms with van der Waals surface area (Å²) in [5, 5.41) is 0.939. The molecular formula is C24H12Br2Cl3NO5. The van der Waals surface area contributed by atoms with E-state index in [9.17, 15) is 9.59 Å². The monoisotopic (exact) mass is 657 g/mol. The summed E-state index contributed by atoms with van der Waals surface area (Å²) in [7, 11) is 1.48. The molecule has 0 radical (unpaired) electrons. The van der Waals surface area contributed by atoms with Crippen LogP contribution in [0.5, 0.6) is 11.5 Å². The predicted octanol–water partition coefficient (Wildman–Crippen LogP) is 7.74. The van der Waals surface area contributed by atoms with Crippen molar-refractivity contribution >= 4 is 90.6 Å². The number of nitrogens with zero attached hydrogens (tertiary/aromatic N) is 1. The second-order valence-corrected chi connectivity index (χ2v) is 10.1. The van der Waals surface area contributed by atoms with Gasteiger partial charge < -0.3 is 14.2 Å². The molecule has 0 saturated carbocycles. The smallest absolute Gasteiger partial charge is 0.363 e. The highest BCUT2D eigenvalue weighted by Crippen LogP contribution is 2.36. The number of halogens is 5. The van der Waals surface area contributed by atoms with Gasteiger partial charge in [0.25, 0.3) is 0 Å². The van der Waals surface area contributed by atoms with Crippen LogP contribution in [0, 0.1) is 0 Å². The molecule has 0 aromatic heterocycles. The molecule has 178 valence electrons. The van der Waals surface area contributed by atoms with Crippen molar-refractivity contribution in [1.29, 1.82) is 0 Å². The number of rotatable bonds is 5. The van der Waals surface area contributed by atoms with E-state index in [-0.39, 0.29) is 27.9 Å². The molecule has 0 N–H and O–H groups in total. The molecule has 3 aromatic rings. The first-order chi connectivity index (χ1) is 16.7. The molecule has 0 bridgehead atoms. The van der Waals surface area contributed by atoms with Crippen molar-refractivity contribution in [2.45, 2.75) is 0 Å². The Kier molecular flexibility index (Phi) is 7.88. The van der Waals surface area contributed by atoms with Gasteiger partial charge in [-0.3, -0.25) is 0 Å². The SMILES string of the molecule is COc1ccc(Cl)cc1C1=N/C(=C\c2cc(Br)cc(Br)c2OC(=O)c2ccc(Cl)cc2Cl)C(=O)O1. The molecule has 4 rings (SSSR count). The first kappa shape index (κ1) is 25.7. The lowest BCUT2D eigenvalue weighted by molar-refractivity contribution is -0.129. The first-order valence-corrected chi connectivity index (χ1v) is 12.4. The van der Waals surface area contributed by atoms with Crippen LogP contribution in [-0.2, 0) is 9.53 Å². The van der Waals surface area contributed by atoms with E-state index in [2.05, 4.69) is 36.9 Å². The van der Waals surface area contributed by atoms with Gasteiger partial charge in [-0.1, -0.05) is 50.7 Å². The lowest BCUT2D eigenvalue weighted by atomic mass is 10.1. The van der Waals surface area contributed by atoms with Crippen LogP contribution in [0.25, 0.3) is 6.08 Å². The summed E-state index contributed by atoms with van der Waals surface area (Å²) < 4.78 is 17.4. The first-order valence-electron chi connectivity index (χ1n) is 9.69. The van der Waals surface area contributed by atoms with Gasteiger partial charge in [0.05, 0.1) is 27.7 Å². The van der Waals surface area contributed by atoms with E-state index < -0.39 is 11.9 Å². The standard InChI is InChI=1S/C24H12Br2Cl3NO5/c1-33-20-5-3-13(27)9-16(20)22-30-19(24(32)35-22)7-11-6-12(25)8-17(26)21(11)34-23(31)15-4-2-14(28)10-18(15)29/h2-10H,1H3/b19-7-. The number of benzene rings is 3. The lowest BCUT2D eigenvalue weighted by Crippen LogP contribution is -2.10. The Morgan fingerprint density at radius 1 is 1.03 bits per heavy atom. The van der Waals surface area contributed by atoms with Crippen molar-refractivity contribution in [1.82, 2.24) is 0 Å². The van der Waals surface area contributed by atoms with Crippen LogP contribution in [0.4, 0.5) is 0 Å². The summed E-state index contributed by atoms with van der Waals surface area (Å²) in [6, 6.07) is 12.6. The van der Waals surface area contributed by atoms with Gasteiger partial charge in [-0.05, 0) is 70.5 Å². The fourth-order valence-corrected chi connectivity index (χ4v) is 5.11. The molecule has 35 heavy (non-hydrogen) atoms. The maximum atomic E-state index is 12.8. The normalized spacial score (nSPS) is 14.1. The molecule has 0 fully saturated rings. The molecule has 3 aromatic carbocycles. The minimum atomic E-state index is -0.712. The molecule has 0 spiro atoms. The highest BCUT2D eigenvalue weighted by Gasteiger charge is 2.27. The van der Waals surface area contributed by atoms with Crippen molar-refractivity contribution in [2.75, 3.05) is 7.11 Å². The van der Waals surface area contributed by atoms with Crippen molar-refractivity contribution in [3.05, 3.63) is 94.9 Å². The number of methoxy groups -OCH3 is 1. The Labute approximate surface area is 231 Å². The molecule has 6 nitrogen and oxygen atoms in total. The third-order valence-corrected chi connectivity index (χ3v) is 6.52. The predicted molar refractivity (Wildman–Crippen MR) is 142 cm³/mol. The zero-order valence-corrected chi connectivity index (χ0v) is 23.0. The van der Waals surface area contributed by atoms with Gasteiger partial charge in [0.15, 0.2) is 11.4 Å². The topological polar surface area (TPSA) is 74.2 Å². The maximum absolute atomic E-state index is 12.8. The van der Waals surface area contributed by atoms with E-state index in [0.717, 1.165) is 0 Å². The summed E-state index contributed by atoms with van der Waals surface area (Å²) in [5.74, 6) is -0.802. The summed E-state index contributed by atoms with van der Waals surface area (Å²) in [6.45, 7) is 0. The fraction of sp³-hybridized carbons (Fsp3) is 0.0417. The fourth-order valence-electron chi connectivity index (χ4n) is 3.12. The number of aliphatic imine (C=N–C) groups is 1. The third kappa shape index (κ3) is 5.73. The minimum absolute atomic E-state index is 0.0196. The minimum Gasteiger partial charge on any atom is -0.496 e. The largest absolute Gasteiger partial charge is 0.496 e.